The van der Waals surface area contributed by atoms with Gasteiger partial charge in [-0.1, -0.05) is 23.3 Å². The minimum Gasteiger partial charge on any atom is -0.487 e. The summed E-state index contributed by atoms with van der Waals surface area (Å²) in [7, 11) is 0. The summed E-state index contributed by atoms with van der Waals surface area (Å²) in [5.41, 5.74) is 1.86. The molecule has 0 amide bonds. The molecule has 0 aliphatic heterocycles. The third kappa shape index (κ3) is 6.39. The van der Waals surface area contributed by atoms with Gasteiger partial charge >= 0.3 is 18.0 Å². The molecule has 3 aromatic rings. The number of nitrogens with two attached hydrogens (primary N) is 1. The summed E-state index contributed by atoms with van der Waals surface area (Å²) in [6.07, 6.45) is -4.01. The van der Waals surface area contributed by atoms with Crippen molar-refractivity contribution in [3.05, 3.63) is 83.7 Å². The summed E-state index contributed by atoms with van der Waals surface area (Å²) in [5, 5.41) is 17.7. The van der Waals surface area contributed by atoms with Gasteiger partial charge in [-0.25, -0.2) is 8.78 Å². The largest absolute Gasteiger partial charge is 0.487 e. The standard InChI is InChI=1S/C24H18F9N5O2/c25-16-4-7-18(19(26)9-16)21(39,11-35-13-37-38-34)23(29,30)20-8-3-15(10-36-20)14-1-5-17(6-2-14)40-12-22(27,28)24(31,32)33/h1-10,13,39H,11-12H2,(H2,34,35,37)/p+1. The van der Waals surface area contributed by atoms with E-state index in [4.69, 9.17) is 5.53 Å². The quantitative estimate of drug-likeness (QED) is 0.0964. The number of hydrogen-bond donors (Lipinski definition) is 3. The van der Waals surface area contributed by atoms with Gasteiger partial charge in [0.2, 0.25) is 11.9 Å². The summed E-state index contributed by atoms with van der Waals surface area (Å²) in [4.78, 5) is 3.67. The molecule has 4 N–H and O–H groups in total. The van der Waals surface area contributed by atoms with Gasteiger partial charge in [-0.2, -0.15) is 36.3 Å². The first-order valence-corrected chi connectivity index (χ1v) is 11.0. The molecule has 0 radical (unpaired) electrons. The van der Waals surface area contributed by atoms with Crippen LogP contribution in [0.5, 0.6) is 5.75 Å². The second kappa shape index (κ2) is 11.6. The Morgan fingerprint density at radius 2 is 1.57 bits per heavy atom. The third-order valence-electron chi connectivity index (χ3n) is 5.65. The summed E-state index contributed by atoms with van der Waals surface area (Å²) < 4.78 is 127. The average Bonchev–Trinajstić information content (AvgIpc) is 2.89. The van der Waals surface area contributed by atoms with Crippen molar-refractivity contribution in [2.75, 3.05) is 13.2 Å². The van der Waals surface area contributed by atoms with Gasteiger partial charge in [0, 0.05) is 23.4 Å². The molecule has 7 nitrogen and oxygen atoms in total. The van der Waals surface area contributed by atoms with Crippen LogP contribution in [0.1, 0.15) is 11.3 Å². The lowest BCUT2D eigenvalue weighted by molar-refractivity contribution is -0.561. The fourth-order valence-electron chi connectivity index (χ4n) is 3.50. The van der Waals surface area contributed by atoms with E-state index in [9.17, 15) is 35.8 Å². The number of hydrogen-bond acceptors (Lipinski definition) is 5. The van der Waals surface area contributed by atoms with Gasteiger partial charge in [-0.05, 0) is 41.1 Å². The molecule has 1 atom stereocenters. The number of halogens is 9. The van der Waals surface area contributed by atoms with E-state index in [-0.39, 0.29) is 11.3 Å². The topological polar surface area (TPSA) is 108 Å². The van der Waals surface area contributed by atoms with Gasteiger partial charge in [0.05, 0.1) is 0 Å². The van der Waals surface area contributed by atoms with E-state index in [0.29, 0.717) is 23.8 Å². The summed E-state index contributed by atoms with van der Waals surface area (Å²) in [6, 6.07) is 8.30. The molecule has 1 unspecified atom stereocenters. The molecule has 0 spiro atoms. The maximum Gasteiger partial charge on any atom is 0.456 e. The first kappa shape index (κ1) is 30.5. The summed E-state index contributed by atoms with van der Waals surface area (Å²) in [6.45, 7) is -2.89. The normalized spacial score (nSPS) is 14.2. The molecular formula is C24H19F9N5O2+. The molecule has 0 saturated heterocycles. The smallest absolute Gasteiger partial charge is 0.456 e. The van der Waals surface area contributed by atoms with Crippen LogP contribution >= 0.6 is 0 Å². The van der Waals surface area contributed by atoms with E-state index >= 15 is 8.78 Å². The first-order chi connectivity index (χ1) is 18.6. The fourth-order valence-corrected chi connectivity index (χ4v) is 3.50. The molecule has 40 heavy (non-hydrogen) atoms. The Balaban J connectivity index is 1.86. The van der Waals surface area contributed by atoms with Crippen LogP contribution in [0.3, 0.4) is 0 Å². The number of rotatable bonds is 11. The molecular weight excluding hydrogens is 561 g/mol. The molecule has 1 aromatic heterocycles. The molecule has 0 saturated carbocycles. The summed E-state index contributed by atoms with van der Waals surface area (Å²) >= 11 is 0. The van der Waals surface area contributed by atoms with Crippen LogP contribution in [0.15, 0.2) is 71.1 Å². The molecule has 1 heterocycles. The van der Waals surface area contributed by atoms with E-state index in [1.165, 1.54) is 12.1 Å². The zero-order chi connectivity index (χ0) is 29.8. The van der Waals surface area contributed by atoms with Crippen LogP contribution in [0, 0.1) is 17.2 Å². The lowest BCUT2D eigenvalue weighted by atomic mass is 9.84. The Hall–Kier alpha value is -4.05. The maximum atomic E-state index is 15.7. The van der Waals surface area contributed by atoms with Crippen molar-refractivity contribution in [2.45, 2.75) is 23.6 Å². The lowest BCUT2D eigenvalue weighted by Gasteiger charge is -2.34. The number of alkyl halides is 7. The van der Waals surface area contributed by atoms with Crippen LogP contribution in [-0.4, -0.2) is 41.7 Å². The number of pyridine rings is 1. The Bertz CT molecular complexity index is 1350. The van der Waals surface area contributed by atoms with Gasteiger partial charge in [0.25, 0.3) is 0 Å². The molecule has 214 valence electrons. The predicted octanol–water partition coefficient (Wildman–Crippen LogP) is 5.12. The minimum atomic E-state index is -5.79. The lowest BCUT2D eigenvalue weighted by Crippen LogP contribution is -2.87. The molecule has 3 rings (SSSR count). The molecule has 0 bridgehead atoms. The number of aliphatic hydroxyl groups is 1. The number of aromatic nitrogens is 1. The zero-order valence-corrected chi connectivity index (χ0v) is 19.9. The SMILES string of the molecule is N=N/N=C\[NH2+]CC(O)(c1ccc(F)cc1F)C(F)(F)c1ccc(-c2ccc(OCC(F)(F)C(F)(F)F)cc2)cn1. The predicted molar refractivity (Wildman–Crippen MR) is 121 cm³/mol. The van der Waals surface area contributed by atoms with E-state index in [2.05, 4.69) is 20.0 Å². The molecule has 16 heteroatoms. The highest BCUT2D eigenvalue weighted by Gasteiger charge is 2.59. The van der Waals surface area contributed by atoms with Gasteiger partial charge in [-0.15, -0.1) is 0 Å². The number of quaternary nitrogens is 1. The second-order valence-corrected chi connectivity index (χ2v) is 8.31. The van der Waals surface area contributed by atoms with Crippen molar-refractivity contribution in [3.63, 3.8) is 0 Å². The van der Waals surface area contributed by atoms with Crippen molar-refractivity contribution in [2.24, 2.45) is 10.3 Å². The molecule has 2 aromatic carbocycles. The van der Waals surface area contributed by atoms with Crippen molar-refractivity contribution < 1.29 is 54.7 Å². The number of nitrogens with one attached hydrogen (secondary N) is 1. The summed E-state index contributed by atoms with van der Waals surface area (Å²) in [5.74, 6) is -12.2. The van der Waals surface area contributed by atoms with Crippen LogP contribution in [0.25, 0.3) is 11.1 Å². The van der Waals surface area contributed by atoms with Crippen molar-refractivity contribution in [1.82, 2.24) is 4.98 Å². The van der Waals surface area contributed by atoms with E-state index in [0.717, 1.165) is 42.1 Å². The maximum absolute atomic E-state index is 15.7. The van der Waals surface area contributed by atoms with Crippen LogP contribution in [0.2, 0.25) is 0 Å². The highest BCUT2D eigenvalue weighted by atomic mass is 19.4. The number of ether oxygens (including phenoxy) is 1. The van der Waals surface area contributed by atoms with E-state index < -0.39 is 59.7 Å². The number of nitrogens with zero attached hydrogens (tertiary/aromatic N) is 3. The Morgan fingerprint density at radius 1 is 0.925 bits per heavy atom. The van der Waals surface area contributed by atoms with Crippen molar-refractivity contribution in [3.8, 4) is 16.9 Å². The average molecular weight is 580 g/mol. The molecule has 0 aliphatic rings. The third-order valence-corrected chi connectivity index (χ3v) is 5.65. The highest BCUT2D eigenvalue weighted by molar-refractivity contribution is 5.63. The van der Waals surface area contributed by atoms with E-state index in [1.54, 1.807) is 0 Å². The Morgan fingerprint density at radius 3 is 2.12 bits per heavy atom. The van der Waals surface area contributed by atoms with Crippen LogP contribution in [-0.2, 0) is 11.5 Å². The Labute approximate surface area is 219 Å². The Kier molecular flexibility index (Phi) is 8.84. The van der Waals surface area contributed by atoms with Gasteiger partial charge in [-0.3, -0.25) is 10.3 Å². The first-order valence-electron chi connectivity index (χ1n) is 11.0. The van der Waals surface area contributed by atoms with Crippen LogP contribution in [0.4, 0.5) is 39.5 Å². The highest BCUT2D eigenvalue weighted by Crippen LogP contribution is 2.45. The van der Waals surface area contributed by atoms with Crippen molar-refractivity contribution in [1.29, 1.82) is 5.53 Å². The van der Waals surface area contributed by atoms with Gasteiger partial charge < -0.3 is 9.84 Å². The molecule has 0 fully saturated rings. The second-order valence-electron chi connectivity index (χ2n) is 8.31. The van der Waals surface area contributed by atoms with E-state index in [1.807, 2.05) is 0 Å². The van der Waals surface area contributed by atoms with Gasteiger partial charge in [0.15, 0.2) is 6.61 Å². The number of benzene rings is 2. The minimum absolute atomic E-state index is 0.207. The molecule has 0 aliphatic carbocycles. The fraction of sp³-hybridized carbons (Fsp3) is 0.250. The zero-order valence-electron chi connectivity index (χ0n) is 19.9. The van der Waals surface area contributed by atoms with Gasteiger partial charge in [0.1, 0.15) is 29.6 Å². The monoisotopic (exact) mass is 580 g/mol. The van der Waals surface area contributed by atoms with Crippen molar-refractivity contribution >= 4 is 6.34 Å². The van der Waals surface area contributed by atoms with Crippen LogP contribution < -0.4 is 10.1 Å².